The van der Waals surface area contributed by atoms with Gasteiger partial charge in [-0.25, -0.2) is 9.97 Å². The number of rotatable bonds is 3. The third kappa shape index (κ3) is 2.81. The lowest BCUT2D eigenvalue weighted by Crippen LogP contribution is -2.14. The molecule has 5 nitrogen and oxygen atoms in total. The highest BCUT2D eigenvalue weighted by atomic mass is 35.5. The fraction of sp³-hybridized carbons (Fsp3) is 0.154. The van der Waals surface area contributed by atoms with E-state index in [1.807, 2.05) is 12.1 Å². The fourth-order valence-corrected chi connectivity index (χ4v) is 2.93. The van der Waals surface area contributed by atoms with Gasteiger partial charge in [0.05, 0.1) is 22.3 Å². The van der Waals surface area contributed by atoms with Crippen LogP contribution in [0.5, 0.6) is 0 Å². The minimum atomic E-state index is -0.177. The number of aryl methyl sites for hydroxylation is 1. The van der Waals surface area contributed by atoms with Crippen molar-refractivity contribution in [2.24, 2.45) is 0 Å². The van der Waals surface area contributed by atoms with Crippen LogP contribution in [0.25, 0.3) is 10.2 Å². The van der Waals surface area contributed by atoms with Crippen molar-refractivity contribution in [3.05, 3.63) is 41.1 Å². The zero-order valence-electron chi connectivity index (χ0n) is 10.5. The number of oxazole rings is 1. The van der Waals surface area contributed by atoms with Crippen molar-refractivity contribution in [2.45, 2.75) is 13.3 Å². The number of anilines is 1. The van der Waals surface area contributed by atoms with E-state index in [-0.39, 0.29) is 12.3 Å². The summed E-state index contributed by atoms with van der Waals surface area (Å²) in [6.07, 6.45) is 1.64. The first-order chi connectivity index (χ1) is 9.60. The number of halogens is 1. The average molecular weight is 308 g/mol. The summed E-state index contributed by atoms with van der Waals surface area (Å²) in [6, 6.07) is 5.42. The van der Waals surface area contributed by atoms with Crippen molar-refractivity contribution < 1.29 is 9.21 Å². The van der Waals surface area contributed by atoms with Crippen LogP contribution in [0.15, 0.2) is 28.9 Å². The van der Waals surface area contributed by atoms with Gasteiger partial charge >= 0.3 is 0 Å². The van der Waals surface area contributed by atoms with E-state index >= 15 is 0 Å². The number of hydrogen-bond donors (Lipinski definition) is 1. The minimum Gasteiger partial charge on any atom is -0.449 e. The van der Waals surface area contributed by atoms with Crippen LogP contribution in [0.1, 0.15) is 11.6 Å². The van der Waals surface area contributed by atoms with Crippen LogP contribution in [-0.2, 0) is 11.2 Å². The molecule has 102 valence electrons. The number of thiazole rings is 1. The highest BCUT2D eigenvalue weighted by Crippen LogP contribution is 2.28. The fourth-order valence-electron chi connectivity index (χ4n) is 1.77. The van der Waals surface area contributed by atoms with Gasteiger partial charge in [-0.3, -0.25) is 4.79 Å². The van der Waals surface area contributed by atoms with Crippen LogP contribution in [0.3, 0.4) is 0 Å². The van der Waals surface area contributed by atoms with Crippen molar-refractivity contribution in [3.63, 3.8) is 0 Å². The second-order valence-corrected chi connectivity index (χ2v) is 5.68. The number of benzene rings is 1. The van der Waals surface area contributed by atoms with Gasteiger partial charge in [-0.15, -0.1) is 0 Å². The topological polar surface area (TPSA) is 68.0 Å². The number of hydrogen-bond acceptors (Lipinski definition) is 5. The Morgan fingerprint density at radius 2 is 2.30 bits per heavy atom. The Hall–Kier alpha value is -1.92. The number of nitrogens with one attached hydrogen (secondary N) is 1. The van der Waals surface area contributed by atoms with Gasteiger partial charge in [-0.1, -0.05) is 22.9 Å². The number of fused-ring (bicyclic) bond motifs is 1. The lowest BCUT2D eigenvalue weighted by atomic mass is 10.3. The second-order valence-electron chi connectivity index (χ2n) is 4.21. The maximum absolute atomic E-state index is 11.9. The molecule has 1 N–H and O–H groups in total. The third-order valence-electron chi connectivity index (χ3n) is 2.61. The van der Waals surface area contributed by atoms with Gasteiger partial charge in [0.1, 0.15) is 6.26 Å². The predicted molar refractivity (Wildman–Crippen MR) is 78.2 cm³/mol. The van der Waals surface area contributed by atoms with Crippen LogP contribution >= 0.6 is 22.9 Å². The Labute approximate surface area is 123 Å². The molecule has 0 spiro atoms. The van der Waals surface area contributed by atoms with Gasteiger partial charge in [0, 0.05) is 11.9 Å². The molecule has 0 radical (unpaired) electrons. The average Bonchev–Trinajstić information content (AvgIpc) is 2.94. The van der Waals surface area contributed by atoms with Gasteiger partial charge in [-0.2, -0.15) is 0 Å². The molecule has 0 atom stereocenters. The number of aromatic nitrogens is 2. The molecular formula is C13H10ClN3O2S. The largest absolute Gasteiger partial charge is 0.449 e. The molecule has 20 heavy (non-hydrogen) atoms. The maximum Gasteiger partial charge on any atom is 0.232 e. The Kier molecular flexibility index (Phi) is 3.42. The van der Waals surface area contributed by atoms with E-state index in [0.717, 1.165) is 10.2 Å². The molecule has 0 aliphatic rings. The van der Waals surface area contributed by atoms with Crippen molar-refractivity contribution in [1.82, 2.24) is 9.97 Å². The summed E-state index contributed by atoms with van der Waals surface area (Å²) in [5, 5.41) is 3.95. The highest BCUT2D eigenvalue weighted by Gasteiger charge is 2.11. The first kappa shape index (κ1) is 13.1. The SMILES string of the molecule is Cc1nc(CC(=O)Nc2nc3ccc(Cl)cc3s2)co1. The smallest absolute Gasteiger partial charge is 0.232 e. The van der Waals surface area contributed by atoms with Crippen LogP contribution in [-0.4, -0.2) is 15.9 Å². The normalized spacial score (nSPS) is 10.9. The van der Waals surface area contributed by atoms with E-state index in [1.54, 1.807) is 13.0 Å². The summed E-state index contributed by atoms with van der Waals surface area (Å²) in [5.74, 6) is 0.367. The van der Waals surface area contributed by atoms with Gasteiger partial charge in [0.25, 0.3) is 0 Å². The molecule has 0 saturated carbocycles. The highest BCUT2D eigenvalue weighted by molar-refractivity contribution is 7.22. The molecule has 0 bridgehead atoms. The minimum absolute atomic E-state index is 0.161. The summed E-state index contributed by atoms with van der Waals surface area (Å²) >= 11 is 7.30. The van der Waals surface area contributed by atoms with Crippen molar-refractivity contribution in [1.29, 1.82) is 0 Å². The monoisotopic (exact) mass is 307 g/mol. The number of carbonyl (C=O) groups excluding carboxylic acids is 1. The molecule has 2 heterocycles. The van der Waals surface area contributed by atoms with Gasteiger partial charge in [0.15, 0.2) is 11.0 Å². The molecule has 3 aromatic rings. The number of amides is 1. The summed E-state index contributed by atoms with van der Waals surface area (Å²) in [5.41, 5.74) is 1.41. The third-order valence-corrected chi connectivity index (χ3v) is 3.77. The van der Waals surface area contributed by atoms with Crippen LogP contribution in [0.4, 0.5) is 5.13 Å². The van der Waals surface area contributed by atoms with Crippen LogP contribution in [0, 0.1) is 6.92 Å². The van der Waals surface area contributed by atoms with Gasteiger partial charge in [-0.05, 0) is 18.2 Å². The first-order valence-corrected chi connectivity index (χ1v) is 7.06. The second kappa shape index (κ2) is 5.22. The van der Waals surface area contributed by atoms with E-state index in [0.29, 0.717) is 21.7 Å². The number of carbonyl (C=O) groups is 1. The Morgan fingerprint density at radius 3 is 3.05 bits per heavy atom. The zero-order chi connectivity index (χ0) is 14.1. The Balaban J connectivity index is 1.73. The molecule has 1 aromatic carbocycles. The van der Waals surface area contributed by atoms with Gasteiger partial charge < -0.3 is 9.73 Å². The predicted octanol–water partition coefficient (Wildman–Crippen LogP) is 3.43. The molecule has 0 aliphatic heterocycles. The quantitative estimate of drug-likeness (QED) is 0.805. The number of nitrogens with zero attached hydrogens (tertiary/aromatic N) is 2. The lowest BCUT2D eigenvalue weighted by molar-refractivity contribution is -0.115. The molecule has 7 heteroatoms. The lowest BCUT2D eigenvalue weighted by Gasteiger charge is -1.97. The molecule has 3 rings (SSSR count). The standard InChI is InChI=1S/C13H10ClN3O2S/c1-7-15-9(6-19-7)5-12(18)17-13-16-10-3-2-8(14)4-11(10)20-13/h2-4,6H,5H2,1H3,(H,16,17,18). The maximum atomic E-state index is 11.9. The molecule has 1 amide bonds. The molecule has 0 unspecified atom stereocenters. The zero-order valence-corrected chi connectivity index (χ0v) is 12.1. The van der Waals surface area contributed by atoms with E-state index in [1.165, 1.54) is 17.6 Å². The first-order valence-electron chi connectivity index (χ1n) is 5.87. The molecule has 2 aromatic heterocycles. The Bertz CT molecular complexity index is 781. The van der Waals surface area contributed by atoms with E-state index in [4.69, 9.17) is 16.0 Å². The van der Waals surface area contributed by atoms with Crippen molar-refractivity contribution in [3.8, 4) is 0 Å². The Morgan fingerprint density at radius 1 is 1.45 bits per heavy atom. The molecule has 0 saturated heterocycles. The van der Waals surface area contributed by atoms with E-state index < -0.39 is 0 Å². The molecule has 0 aliphatic carbocycles. The van der Waals surface area contributed by atoms with Crippen LogP contribution in [0.2, 0.25) is 5.02 Å². The van der Waals surface area contributed by atoms with Crippen LogP contribution < -0.4 is 5.32 Å². The van der Waals surface area contributed by atoms with E-state index in [9.17, 15) is 4.79 Å². The molecule has 0 fully saturated rings. The summed E-state index contributed by atoms with van der Waals surface area (Å²) in [4.78, 5) is 20.3. The molecular weight excluding hydrogens is 298 g/mol. The summed E-state index contributed by atoms with van der Waals surface area (Å²) in [7, 11) is 0. The van der Waals surface area contributed by atoms with Crippen molar-refractivity contribution >= 4 is 44.2 Å². The summed E-state index contributed by atoms with van der Waals surface area (Å²) in [6.45, 7) is 1.73. The summed E-state index contributed by atoms with van der Waals surface area (Å²) < 4.78 is 5.99. The van der Waals surface area contributed by atoms with E-state index in [2.05, 4.69) is 15.3 Å². The van der Waals surface area contributed by atoms with Gasteiger partial charge in [0.2, 0.25) is 5.91 Å². The van der Waals surface area contributed by atoms with Crippen molar-refractivity contribution in [2.75, 3.05) is 5.32 Å².